The van der Waals surface area contributed by atoms with E-state index in [1.54, 1.807) is 0 Å². The summed E-state index contributed by atoms with van der Waals surface area (Å²) in [4.78, 5) is 28.3. The Morgan fingerprint density at radius 2 is 1.75 bits per heavy atom. The molecule has 1 atom stereocenters. The van der Waals surface area contributed by atoms with E-state index < -0.39 is 0 Å². The lowest BCUT2D eigenvalue weighted by Crippen LogP contribution is -2.52. The highest BCUT2D eigenvalue weighted by atomic mass is 16.2. The third-order valence-corrected chi connectivity index (χ3v) is 6.25. The maximum absolute atomic E-state index is 12.7. The molecule has 0 spiro atoms. The highest BCUT2D eigenvalue weighted by molar-refractivity contribution is 5.82. The Morgan fingerprint density at radius 1 is 1.07 bits per heavy atom. The van der Waals surface area contributed by atoms with Crippen LogP contribution < -0.4 is 5.73 Å². The number of aryl methyl sites for hydroxylation is 2. The van der Waals surface area contributed by atoms with Crippen molar-refractivity contribution >= 4 is 17.9 Å². The van der Waals surface area contributed by atoms with Crippen molar-refractivity contribution in [3.63, 3.8) is 0 Å². The van der Waals surface area contributed by atoms with Gasteiger partial charge >= 0.3 is 0 Å². The second-order valence-corrected chi connectivity index (χ2v) is 8.27. The van der Waals surface area contributed by atoms with E-state index in [1.165, 1.54) is 16.7 Å². The molecule has 0 unspecified atom stereocenters. The molecular formula is C23H33N3O2. The van der Waals surface area contributed by atoms with E-state index in [-0.39, 0.29) is 17.9 Å². The van der Waals surface area contributed by atoms with Crippen molar-refractivity contribution in [2.45, 2.75) is 52.0 Å². The first-order valence-electron chi connectivity index (χ1n) is 10.5. The molecule has 0 bridgehead atoms. The van der Waals surface area contributed by atoms with Gasteiger partial charge in [-0.15, -0.1) is 0 Å². The summed E-state index contributed by atoms with van der Waals surface area (Å²) in [7, 11) is 0. The second kappa shape index (κ2) is 9.37. The van der Waals surface area contributed by atoms with Crippen LogP contribution in [0, 0.1) is 19.8 Å². The van der Waals surface area contributed by atoms with Gasteiger partial charge in [0.05, 0.1) is 12.6 Å². The van der Waals surface area contributed by atoms with Crippen LogP contribution in [0.25, 0.3) is 6.08 Å². The van der Waals surface area contributed by atoms with Crippen molar-refractivity contribution in [3.05, 3.63) is 41.0 Å². The molecule has 1 aromatic rings. The van der Waals surface area contributed by atoms with Crippen LogP contribution in [0.3, 0.4) is 0 Å². The third kappa shape index (κ3) is 5.02. The number of nitrogens with two attached hydrogens (primary N) is 1. The molecule has 2 N–H and O–H groups in total. The predicted octanol–water partition coefficient (Wildman–Crippen LogP) is 2.90. The Hall–Kier alpha value is -2.14. The van der Waals surface area contributed by atoms with Crippen LogP contribution in [0.4, 0.5) is 0 Å². The van der Waals surface area contributed by atoms with Crippen LogP contribution in [0.2, 0.25) is 0 Å². The van der Waals surface area contributed by atoms with E-state index in [1.807, 2.05) is 9.80 Å². The van der Waals surface area contributed by atoms with Gasteiger partial charge in [0.25, 0.3) is 0 Å². The van der Waals surface area contributed by atoms with Gasteiger partial charge in [0, 0.05) is 13.1 Å². The van der Waals surface area contributed by atoms with Gasteiger partial charge in [-0.3, -0.25) is 14.5 Å². The standard InChI is InChI=1S/C23H33N3O2/c1-17-6-5-7-18(2)20(17)10-9-19-11-14-25(15-12-19)22(27)16-26-13-4-3-8-21(26)23(24)28/h5-7,9-10,19,21H,3-4,8,11-16H2,1-2H3,(H2,24,28)/b10-9+/t21-/m1/s1. The van der Waals surface area contributed by atoms with Gasteiger partial charge in [0.15, 0.2) is 0 Å². The summed E-state index contributed by atoms with van der Waals surface area (Å²) in [5.41, 5.74) is 9.43. The number of benzene rings is 1. The highest BCUT2D eigenvalue weighted by Gasteiger charge is 2.30. The normalized spacial score (nSPS) is 21.9. The molecule has 0 saturated carbocycles. The Balaban J connectivity index is 1.51. The van der Waals surface area contributed by atoms with Crippen LogP contribution >= 0.6 is 0 Å². The maximum Gasteiger partial charge on any atom is 0.236 e. The van der Waals surface area contributed by atoms with E-state index in [0.29, 0.717) is 12.5 Å². The molecule has 2 fully saturated rings. The third-order valence-electron chi connectivity index (χ3n) is 6.25. The van der Waals surface area contributed by atoms with E-state index in [2.05, 4.69) is 44.2 Å². The minimum absolute atomic E-state index is 0.130. The van der Waals surface area contributed by atoms with Crippen molar-refractivity contribution in [1.82, 2.24) is 9.80 Å². The Kier molecular flexibility index (Phi) is 6.89. The first kappa shape index (κ1) is 20.6. The zero-order chi connectivity index (χ0) is 20.1. The van der Waals surface area contributed by atoms with Gasteiger partial charge in [-0.05, 0) is 68.7 Å². The smallest absolute Gasteiger partial charge is 0.236 e. The monoisotopic (exact) mass is 383 g/mol. The summed E-state index contributed by atoms with van der Waals surface area (Å²) in [6.45, 7) is 6.97. The molecule has 5 heteroatoms. The summed E-state index contributed by atoms with van der Waals surface area (Å²) in [5, 5.41) is 0. The molecule has 2 heterocycles. The summed E-state index contributed by atoms with van der Waals surface area (Å²) in [6.07, 6.45) is 9.36. The number of hydrogen-bond donors (Lipinski definition) is 1. The minimum Gasteiger partial charge on any atom is -0.368 e. The molecular weight excluding hydrogens is 350 g/mol. The predicted molar refractivity (Wildman–Crippen MR) is 113 cm³/mol. The number of likely N-dealkylation sites (tertiary alicyclic amines) is 2. The van der Waals surface area contributed by atoms with Crippen LogP contribution in [0.5, 0.6) is 0 Å². The SMILES string of the molecule is Cc1cccc(C)c1/C=C/C1CCN(C(=O)CN2CCCC[C@@H]2C(N)=O)CC1. The average Bonchev–Trinajstić information content (AvgIpc) is 2.68. The van der Waals surface area contributed by atoms with E-state index in [9.17, 15) is 9.59 Å². The first-order chi connectivity index (χ1) is 13.5. The number of rotatable bonds is 5. The van der Waals surface area contributed by atoms with Gasteiger partial charge in [0.2, 0.25) is 11.8 Å². The molecule has 0 aromatic heterocycles. The van der Waals surface area contributed by atoms with Crippen molar-refractivity contribution in [2.75, 3.05) is 26.2 Å². The van der Waals surface area contributed by atoms with Crippen LogP contribution in [-0.2, 0) is 9.59 Å². The zero-order valence-electron chi connectivity index (χ0n) is 17.2. The quantitative estimate of drug-likeness (QED) is 0.850. The van der Waals surface area contributed by atoms with Crippen LogP contribution in [-0.4, -0.2) is 53.8 Å². The molecule has 28 heavy (non-hydrogen) atoms. The van der Waals surface area contributed by atoms with Crippen LogP contribution in [0.1, 0.15) is 48.8 Å². The van der Waals surface area contributed by atoms with E-state index >= 15 is 0 Å². The molecule has 0 aliphatic carbocycles. The highest BCUT2D eigenvalue weighted by Crippen LogP contribution is 2.23. The lowest BCUT2D eigenvalue weighted by molar-refractivity contribution is -0.136. The Labute approximate surface area is 168 Å². The molecule has 2 amide bonds. The number of amides is 2. The zero-order valence-corrected chi connectivity index (χ0v) is 17.2. The summed E-state index contributed by atoms with van der Waals surface area (Å²) in [6, 6.07) is 6.11. The van der Waals surface area contributed by atoms with Gasteiger partial charge in [-0.1, -0.05) is 36.8 Å². The van der Waals surface area contributed by atoms with Crippen molar-refractivity contribution < 1.29 is 9.59 Å². The molecule has 2 aliphatic heterocycles. The fraction of sp³-hybridized carbons (Fsp3) is 0.565. The number of piperidine rings is 2. The number of nitrogens with zero attached hydrogens (tertiary/aromatic N) is 2. The number of carbonyl (C=O) groups is 2. The van der Waals surface area contributed by atoms with Gasteiger partial charge in [-0.2, -0.15) is 0 Å². The molecule has 3 rings (SSSR count). The summed E-state index contributed by atoms with van der Waals surface area (Å²) >= 11 is 0. The second-order valence-electron chi connectivity index (χ2n) is 8.27. The lowest BCUT2D eigenvalue weighted by atomic mass is 9.94. The maximum atomic E-state index is 12.7. The Bertz CT molecular complexity index is 715. The molecule has 0 radical (unpaired) electrons. The summed E-state index contributed by atoms with van der Waals surface area (Å²) in [5.74, 6) is 0.338. The van der Waals surface area contributed by atoms with Crippen molar-refractivity contribution in [2.24, 2.45) is 11.7 Å². The number of allylic oxidation sites excluding steroid dienone is 1. The number of hydrogen-bond acceptors (Lipinski definition) is 3. The van der Waals surface area contributed by atoms with Gasteiger partial charge < -0.3 is 10.6 Å². The molecule has 2 aliphatic rings. The largest absolute Gasteiger partial charge is 0.368 e. The summed E-state index contributed by atoms with van der Waals surface area (Å²) < 4.78 is 0. The fourth-order valence-electron chi connectivity index (χ4n) is 4.44. The average molecular weight is 384 g/mol. The van der Waals surface area contributed by atoms with Gasteiger partial charge in [0.1, 0.15) is 0 Å². The minimum atomic E-state index is -0.303. The first-order valence-corrected chi connectivity index (χ1v) is 10.5. The van der Waals surface area contributed by atoms with Crippen molar-refractivity contribution in [3.8, 4) is 0 Å². The van der Waals surface area contributed by atoms with E-state index in [0.717, 1.165) is 51.7 Å². The molecule has 1 aromatic carbocycles. The number of primary amides is 1. The van der Waals surface area contributed by atoms with Crippen molar-refractivity contribution in [1.29, 1.82) is 0 Å². The fourth-order valence-corrected chi connectivity index (χ4v) is 4.44. The lowest BCUT2D eigenvalue weighted by Gasteiger charge is -2.36. The Morgan fingerprint density at radius 3 is 2.39 bits per heavy atom. The molecule has 5 nitrogen and oxygen atoms in total. The van der Waals surface area contributed by atoms with E-state index in [4.69, 9.17) is 5.73 Å². The van der Waals surface area contributed by atoms with Crippen LogP contribution in [0.15, 0.2) is 24.3 Å². The van der Waals surface area contributed by atoms with Gasteiger partial charge in [-0.25, -0.2) is 0 Å². The molecule has 2 saturated heterocycles. The molecule has 152 valence electrons. The topological polar surface area (TPSA) is 66.6 Å². The number of carbonyl (C=O) groups excluding carboxylic acids is 2.